The molecule has 0 saturated carbocycles. The smallest absolute Gasteiger partial charge is 0.271 e. The molecule has 1 aliphatic rings. The van der Waals surface area contributed by atoms with Crippen LogP contribution in [0.1, 0.15) is 30.3 Å². The summed E-state index contributed by atoms with van der Waals surface area (Å²) >= 11 is 0. The van der Waals surface area contributed by atoms with Gasteiger partial charge in [-0.05, 0) is 31.9 Å². The maximum Gasteiger partial charge on any atom is 0.271 e. The highest BCUT2D eigenvalue weighted by Gasteiger charge is 2.30. The fraction of sp³-hybridized carbons (Fsp3) is 0.583. The van der Waals surface area contributed by atoms with E-state index in [1.165, 1.54) is 0 Å². The largest absolute Gasteiger partial charge is 0.367 e. The van der Waals surface area contributed by atoms with E-state index >= 15 is 0 Å². The van der Waals surface area contributed by atoms with Crippen molar-refractivity contribution in [2.75, 3.05) is 24.2 Å². The van der Waals surface area contributed by atoms with Crippen LogP contribution in [-0.2, 0) is 9.84 Å². The van der Waals surface area contributed by atoms with Gasteiger partial charge in [0, 0.05) is 13.1 Å². The first-order valence-corrected chi connectivity index (χ1v) is 8.32. The van der Waals surface area contributed by atoms with Gasteiger partial charge in [-0.25, -0.2) is 8.42 Å². The van der Waals surface area contributed by atoms with E-state index in [1.54, 1.807) is 12.1 Å². The van der Waals surface area contributed by atoms with Crippen LogP contribution in [0, 0.1) is 0 Å². The Balaban J connectivity index is 1.93. The Morgan fingerprint density at radius 2 is 2.20 bits per heavy atom. The molecule has 1 amide bonds. The molecule has 1 aromatic heterocycles. The Hall–Kier alpha value is -1.70. The van der Waals surface area contributed by atoms with Gasteiger partial charge in [0.05, 0.1) is 11.0 Å². The lowest BCUT2D eigenvalue weighted by Gasteiger charge is -2.10. The van der Waals surface area contributed by atoms with Crippen LogP contribution in [0.4, 0.5) is 5.82 Å². The molecule has 1 aliphatic heterocycles. The molecule has 2 rings (SSSR count). The van der Waals surface area contributed by atoms with Crippen LogP contribution < -0.4 is 10.6 Å². The van der Waals surface area contributed by atoms with Crippen molar-refractivity contribution in [1.82, 2.24) is 15.5 Å². The third-order valence-electron chi connectivity index (χ3n) is 3.21. The second kappa shape index (κ2) is 6.17. The summed E-state index contributed by atoms with van der Waals surface area (Å²) in [6.07, 6.45) is 1.40. The number of rotatable bonds is 5. The molecule has 0 radical (unpaired) electrons. The lowest BCUT2D eigenvalue weighted by molar-refractivity contribution is 0.0950. The SMILES string of the molecule is CCNC(=O)c1ccc(NCC2CCCS2(=O)=O)nn1. The molecule has 8 heteroatoms. The molecular formula is C12H18N4O3S. The topological polar surface area (TPSA) is 101 Å². The molecule has 7 nitrogen and oxygen atoms in total. The standard InChI is InChI=1S/C12H18N4O3S/c1-2-13-12(17)10-5-6-11(16-15-10)14-8-9-4-3-7-20(9,18)19/h5-6,9H,2-4,7-8H2,1H3,(H,13,17)(H,14,16). The summed E-state index contributed by atoms with van der Waals surface area (Å²) in [5, 5.41) is 12.9. The predicted molar refractivity (Wildman–Crippen MR) is 75.3 cm³/mol. The zero-order valence-electron chi connectivity index (χ0n) is 11.3. The Morgan fingerprint density at radius 3 is 2.75 bits per heavy atom. The summed E-state index contributed by atoms with van der Waals surface area (Å²) in [4.78, 5) is 11.5. The molecule has 20 heavy (non-hydrogen) atoms. The van der Waals surface area contributed by atoms with Gasteiger partial charge < -0.3 is 10.6 Å². The van der Waals surface area contributed by atoms with Gasteiger partial charge in [0.1, 0.15) is 5.82 Å². The van der Waals surface area contributed by atoms with Gasteiger partial charge in [0.15, 0.2) is 15.5 Å². The summed E-state index contributed by atoms with van der Waals surface area (Å²) in [6.45, 7) is 2.68. The molecule has 2 N–H and O–H groups in total. The number of amides is 1. The Labute approximate surface area is 118 Å². The Kier molecular flexibility index (Phi) is 4.53. The van der Waals surface area contributed by atoms with Crippen LogP contribution in [0.5, 0.6) is 0 Å². The molecule has 2 heterocycles. The lowest BCUT2D eigenvalue weighted by atomic mass is 10.2. The molecule has 1 fully saturated rings. The molecule has 0 spiro atoms. The van der Waals surface area contributed by atoms with Gasteiger partial charge in [0.25, 0.3) is 5.91 Å². The van der Waals surface area contributed by atoms with E-state index in [-0.39, 0.29) is 22.6 Å². The monoisotopic (exact) mass is 298 g/mol. The Morgan fingerprint density at radius 1 is 1.40 bits per heavy atom. The molecule has 0 bridgehead atoms. The van der Waals surface area contributed by atoms with Gasteiger partial charge in [-0.3, -0.25) is 4.79 Å². The number of hydrogen-bond acceptors (Lipinski definition) is 6. The first kappa shape index (κ1) is 14.7. The van der Waals surface area contributed by atoms with Crippen molar-refractivity contribution in [3.8, 4) is 0 Å². The molecule has 1 aromatic rings. The number of carbonyl (C=O) groups is 1. The predicted octanol–water partition coefficient (Wildman–Crippen LogP) is 0.215. The van der Waals surface area contributed by atoms with E-state index in [9.17, 15) is 13.2 Å². The maximum absolute atomic E-state index is 11.7. The van der Waals surface area contributed by atoms with Crippen LogP contribution in [0.2, 0.25) is 0 Å². The highest BCUT2D eigenvalue weighted by molar-refractivity contribution is 7.92. The first-order chi connectivity index (χ1) is 9.53. The first-order valence-electron chi connectivity index (χ1n) is 6.60. The van der Waals surface area contributed by atoms with E-state index < -0.39 is 9.84 Å². The molecule has 0 aromatic carbocycles. The second-order valence-electron chi connectivity index (χ2n) is 4.68. The van der Waals surface area contributed by atoms with Gasteiger partial charge in [0.2, 0.25) is 0 Å². The van der Waals surface area contributed by atoms with Crippen molar-refractivity contribution >= 4 is 21.6 Å². The van der Waals surface area contributed by atoms with Gasteiger partial charge in [-0.1, -0.05) is 0 Å². The van der Waals surface area contributed by atoms with E-state index in [1.807, 2.05) is 6.92 Å². The normalized spacial score (nSPS) is 20.6. The van der Waals surface area contributed by atoms with Crippen LogP contribution in [0.3, 0.4) is 0 Å². The molecular weight excluding hydrogens is 280 g/mol. The number of carbonyl (C=O) groups excluding carboxylic acids is 1. The van der Waals surface area contributed by atoms with Crippen LogP contribution in [-0.4, -0.2) is 48.6 Å². The summed E-state index contributed by atoms with van der Waals surface area (Å²) in [6, 6.07) is 3.18. The lowest BCUT2D eigenvalue weighted by Crippen LogP contribution is -2.26. The number of nitrogens with zero attached hydrogens (tertiary/aromatic N) is 2. The average Bonchev–Trinajstić information content (AvgIpc) is 2.76. The summed E-state index contributed by atoms with van der Waals surface area (Å²) in [5.41, 5.74) is 0.242. The maximum atomic E-state index is 11.7. The minimum Gasteiger partial charge on any atom is -0.367 e. The van der Waals surface area contributed by atoms with Crippen LogP contribution in [0.15, 0.2) is 12.1 Å². The highest BCUT2D eigenvalue weighted by atomic mass is 32.2. The van der Waals surface area contributed by atoms with Crippen molar-refractivity contribution in [1.29, 1.82) is 0 Å². The summed E-state index contributed by atoms with van der Waals surface area (Å²) in [7, 11) is -2.96. The molecule has 1 atom stereocenters. The summed E-state index contributed by atoms with van der Waals surface area (Å²) < 4.78 is 23.3. The third kappa shape index (κ3) is 3.44. The number of hydrogen-bond donors (Lipinski definition) is 2. The number of sulfone groups is 1. The molecule has 110 valence electrons. The van der Waals surface area contributed by atoms with Crippen molar-refractivity contribution in [2.45, 2.75) is 25.0 Å². The minimum absolute atomic E-state index is 0.242. The van der Waals surface area contributed by atoms with Crippen molar-refractivity contribution in [2.24, 2.45) is 0 Å². The zero-order chi connectivity index (χ0) is 14.6. The van der Waals surface area contributed by atoms with E-state index in [0.717, 1.165) is 6.42 Å². The summed E-state index contributed by atoms with van der Waals surface area (Å²) in [5.74, 6) is 0.464. The molecule has 0 aliphatic carbocycles. The van der Waals surface area contributed by atoms with Gasteiger partial charge in [-0.15, -0.1) is 10.2 Å². The highest BCUT2D eigenvalue weighted by Crippen LogP contribution is 2.20. The van der Waals surface area contributed by atoms with Gasteiger partial charge >= 0.3 is 0 Å². The van der Waals surface area contributed by atoms with Crippen LogP contribution in [0.25, 0.3) is 0 Å². The molecule has 1 saturated heterocycles. The van der Waals surface area contributed by atoms with Gasteiger partial charge in [-0.2, -0.15) is 0 Å². The number of nitrogens with one attached hydrogen (secondary N) is 2. The van der Waals surface area contributed by atoms with Crippen molar-refractivity contribution in [3.63, 3.8) is 0 Å². The zero-order valence-corrected chi connectivity index (χ0v) is 12.1. The third-order valence-corrected chi connectivity index (χ3v) is 5.48. The number of anilines is 1. The van der Waals surface area contributed by atoms with Crippen LogP contribution >= 0.6 is 0 Å². The fourth-order valence-electron chi connectivity index (χ4n) is 2.10. The van der Waals surface area contributed by atoms with Crippen molar-refractivity contribution in [3.05, 3.63) is 17.8 Å². The number of aromatic nitrogens is 2. The fourth-order valence-corrected chi connectivity index (χ4v) is 3.87. The second-order valence-corrected chi connectivity index (χ2v) is 7.08. The van der Waals surface area contributed by atoms with E-state index in [4.69, 9.17) is 0 Å². The quantitative estimate of drug-likeness (QED) is 0.806. The Bertz CT molecular complexity index is 571. The van der Waals surface area contributed by atoms with Crippen molar-refractivity contribution < 1.29 is 13.2 Å². The molecule has 1 unspecified atom stereocenters. The minimum atomic E-state index is -2.96. The van der Waals surface area contributed by atoms with E-state index in [0.29, 0.717) is 25.3 Å². The average molecular weight is 298 g/mol. The van der Waals surface area contributed by atoms with E-state index in [2.05, 4.69) is 20.8 Å².